The quantitative estimate of drug-likeness (QED) is 0.726. The van der Waals surface area contributed by atoms with Crippen molar-refractivity contribution in [2.45, 2.75) is 45.6 Å². The molecule has 2 fully saturated rings. The van der Waals surface area contributed by atoms with Crippen molar-refractivity contribution in [3.8, 4) is 0 Å². The van der Waals surface area contributed by atoms with E-state index in [1.165, 1.54) is 0 Å². The average Bonchev–Trinajstić information content (AvgIpc) is 2.66. The van der Waals surface area contributed by atoms with Crippen molar-refractivity contribution in [2.24, 2.45) is 23.7 Å². The Morgan fingerprint density at radius 1 is 1.24 bits per heavy atom. The second-order valence-corrected chi connectivity index (χ2v) is 5.76. The summed E-state index contributed by atoms with van der Waals surface area (Å²) in [5.41, 5.74) is 0.419. The van der Waals surface area contributed by atoms with Crippen molar-refractivity contribution < 1.29 is 15.0 Å². The Hall–Kier alpha value is -0.830. The monoisotopic (exact) mass is 238 g/mol. The van der Waals surface area contributed by atoms with Gasteiger partial charge in [-0.1, -0.05) is 13.0 Å². The predicted octanol–water partition coefficient (Wildman–Crippen LogP) is 2.45. The van der Waals surface area contributed by atoms with E-state index >= 15 is 0 Å². The summed E-state index contributed by atoms with van der Waals surface area (Å²) in [5.74, 6) is 0.957. The molecule has 0 aliphatic heterocycles. The van der Waals surface area contributed by atoms with E-state index in [1.807, 2.05) is 6.08 Å². The normalized spacial score (nSPS) is 42.3. The molecule has 0 heterocycles. The predicted molar refractivity (Wildman–Crippen MR) is 65.5 cm³/mol. The van der Waals surface area contributed by atoms with Crippen LogP contribution in [0.5, 0.6) is 0 Å². The molecule has 0 aromatic heterocycles. The van der Waals surface area contributed by atoms with E-state index in [-0.39, 0.29) is 17.9 Å². The number of carboxylic acid groups (broad SMARTS) is 1. The number of rotatable bonds is 2. The van der Waals surface area contributed by atoms with Crippen LogP contribution in [-0.2, 0) is 4.79 Å². The van der Waals surface area contributed by atoms with Gasteiger partial charge in [0.2, 0.25) is 0 Å². The van der Waals surface area contributed by atoms with Gasteiger partial charge in [0.25, 0.3) is 0 Å². The summed E-state index contributed by atoms with van der Waals surface area (Å²) in [6.45, 7) is 3.91. The zero-order valence-corrected chi connectivity index (χ0v) is 10.6. The first-order valence-corrected chi connectivity index (χ1v) is 6.60. The third-order valence-corrected chi connectivity index (χ3v) is 4.72. The Morgan fingerprint density at radius 3 is 2.59 bits per heavy atom. The van der Waals surface area contributed by atoms with Gasteiger partial charge in [-0.2, -0.15) is 0 Å². The molecule has 3 heteroatoms. The Balaban J connectivity index is 2.18. The number of aliphatic hydroxyl groups excluding tert-OH is 1. The maximum absolute atomic E-state index is 10.9. The SMILES string of the molecule is C/C(=C\[C@@H]1CC[C@@H](C)[C@H]2CC[C@H](O)[C@@H]21)C(=O)O. The maximum atomic E-state index is 10.9. The van der Waals surface area contributed by atoms with Crippen LogP contribution in [0, 0.1) is 23.7 Å². The largest absolute Gasteiger partial charge is 0.478 e. The standard InChI is InChI=1S/C14H22O3/c1-8-3-4-10(7-9(2)14(16)17)13-11(8)5-6-12(13)15/h7-8,10-13,15H,3-6H2,1-2H3,(H,16,17)/b9-7+/t8-,10+,11-,12+,13-/m1/s1. The average molecular weight is 238 g/mol. The van der Waals surface area contributed by atoms with Crippen molar-refractivity contribution >= 4 is 5.97 Å². The van der Waals surface area contributed by atoms with Crippen LogP contribution in [0.1, 0.15) is 39.5 Å². The molecule has 2 aliphatic rings. The van der Waals surface area contributed by atoms with E-state index in [1.54, 1.807) is 6.92 Å². The van der Waals surface area contributed by atoms with E-state index in [2.05, 4.69) is 6.92 Å². The highest BCUT2D eigenvalue weighted by Crippen LogP contribution is 2.48. The minimum absolute atomic E-state index is 0.231. The first-order valence-electron chi connectivity index (χ1n) is 6.60. The molecule has 0 unspecified atom stereocenters. The molecule has 2 rings (SSSR count). The summed E-state index contributed by atoms with van der Waals surface area (Å²) in [4.78, 5) is 10.9. The van der Waals surface area contributed by atoms with Crippen molar-refractivity contribution in [3.05, 3.63) is 11.6 Å². The van der Waals surface area contributed by atoms with E-state index < -0.39 is 5.97 Å². The summed E-state index contributed by atoms with van der Waals surface area (Å²) >= 11 is 0. The number of hydrogen-bond acceptors (Lipinski definition) is 2. The number of aliphatic hydroxyl groups is 1. The summed E-state index contributed by atoms with van der Waals surface area (Å²) in [5, 5.41) is 19.0. The molecule has 0 aromatic rings. The van der Waals surface area contributed by atoms with Crippen LogP contribution in [-0.4, -0.2) is 22.3 Å². The second-order valence-electron chi connectivity index (χ2n) is 5.76. The van der Waals surface area contributed by atoms with Crippen molar-refractivity contribution in [3.63, 3.8) is 0 Å². The van der Waals surface area contributed by atoms with Crippen molar-refractivity contribution in [1.29, 1.82) is 0 Å². The molecule has 0 spiro atoms. The molecule has 0 radical (unpaired) electrons. The van der Waals surface area contributed by atoms with Gasteiger partial charge in [-0.25, -0.2) is 4.79 Å². The van der Waals surface area contributed by atoms with Gasteiger partial charge >= 0.3 is 5.97 Å². The molecular formula is C14H22O3. The Morgan fingerprint density at radius 2 is 1.94 bits per heavy atom. The van der Waals surface area contributed by atoms with Crippen LogP contribution in [0.15, 0.2) is 11.6 Å². The zero-order chi connectivity index (χ0) is 12.6. The summed E-state index contributed by atoms with van der Waals surface area (Å²) in [6.07, 6.45) is 5.80. The Kier molecular flexibility index (Phi) is 3.57. The molecule has 3 nitrogen and oxygen atoms in total. The highest BCUT2D eigenvalue weighted by atomic mass is 16.4. The lowest BCUT2D eigenvalue weighted by Gasteiger charge is -2.38. The van der Waals surface area contributed by atoms with Crippen LogP contribution in [0.4, 0.5) is 0 Å². The number of carboxylic acids is 1. The van der Waals surface area contributed by atoms with Gasteiger partial charge in [-0.15, -0.1) is 0 Å². The summed E-state index contributed by atoms with van der Waals surface area (Å²) in [7, 11) is 0. The third kappa shape index (κ3) is 2.39. The maximum Gasteiger partial charge on any atom is 0.330 e. The van der Waals surface area contributed by atoms with Gasteiger partial charge in [0.15, 0.2) is 0 Å². The van der Waals surface area contributed by atoms with Gasteiger partial charge in [-0.3, -0.25) is 0 Å². The topological polar surface area (TPSA) is 57.5 Å². The summed E-state index contributed by atoms with van der Waals surface area (Å²) < 4.78 is 0. The molecule has 2 saturated carbocycles. The number of hydrogen-bond donors (Lipinski definition) is 2. The van der Waals surface area contributed by atoms with Gasteiger partial charge in [0.05, 0.1) is 6.10 Å². The van der Waals surface area contributed by atoms with Gasteiger partial charge < -0.3 is 10.2 Å². The fourth-order valence-electron chi connectivity index (χ4n) is 3.75. The highest BCUT2D eigenvalue weighted by molar-refractivity contribution is 5.85. The fourth-order valence-corrected chi connectivity index (χ4v) is 3.75. The minimum Gasteiger partial charge on any atom is -0.478 e. The summed E-state index contributed by atoms with van der Waals surface area (Å²) in [6, 6.07) is 0. The Labute approximate surface area is 103 Å². The van der Waals surface area contributed by atoms with Crippen LogP contribution in [0.25, 0.3) is 0 Å². The van der Waals surface area contributed by atoms with Gasteiger partial charge in [0.1, 0.15) is 0 Å². The molecule has 17 heavy (non-hydrogen) atoms. The fraction of sp³-hybridized carbons (Fsp3) is 0.786. The molecule has 0 bridgehead atoms. The number of carbonyl (C=O) groups is 1. The molecular weight excluding hydrogens is 216 g/mol. The number of fused-ring (bicyclic) bond motifs is 1. The van der Waals surface area contributed by atoms with Crippen molar-refractivity contribution in [2.75, 3.05) is 0 Å². The first-order chi connectivity index (χ1) is 8.00. The van der Waals surface area contributed by atoms with Crippen LogP contribution in [0.2, 0.25) is 0 Å². The molecule has 2 aliphatic carbocycles. The molecule has 2 N–H and O–H groups in total. The number of allylic oxidation sites excluding steroid dienone is 1. The van der Waals surface area contributed by atoms with E-state index in [9.17, 15) is 9.90 Å². The smallest absolute Gasteiger partial charge is 0.330 e. The van der Waals surface area contributed by atoms with Crippen molar-refractivity contribution in [1.82, 2.24) is 0 Å². The van der Waals surface area contributed by atoms with Gasteiger partial charge in [0, 0.05) is 5.57 Å². The van der Waals surface area contributed by atoms with Crippen LogP contribution in [0.3, 0.4) is 0 Å². The van der Waals surface area contributed by atoms with E-state index in [4.69, 9.17) is 5.11 Å². The molecule has 96 valence electrons. The van der Waals surface area contributed by atoms with Crippen LogP contribution >= 0.6 is 0 Å². The van der Waals surface area contributed by atoms with E-state index in [0.717, 1.165) is 25.7 Å². The second kappa shape index (κ2) is 4.81. The third-order valence-electron chi connectivity index (χ3n) is 4.72. The molecule has 5 atom stereocenters. The lowest BCUT2D eigenvalue weighted by molar-refractivity contribution is -0.132. The highest BCUT2D eigenvalue weighted by Gasteiger charge is 2.44. The zero-order valence-electron chi connectivity index (χ0n) is 10.6. The molecule has 0 amide bonds. The van der Waals surface area contributed by atoms with Crippen LogP contribution < -0.4 is 0 Å². The lowest BCUT2D eigenvalue weighted by Crippen LogP contribution is -2.34. The van der Waals surface area contributed by atoms with Gasteiger partial charge in [-0.05, 0) is 56.3 Å². The first kappa shape index (κ1) is 12.6. The molecule has 0 aromatic carbocycles. The number of aliphatic carboxylic acids is 1. The van der Waals surface area contributed by atoms with E-state index in [0.29, 0.717) is 17.4 Å². The molecule has 0 saturated heterocycles. The minimum atomic E-state index is -0.840. The Bertz CT molecular complexity index is 334. The lowest BCUT2D eigenvalue weighted by atomic mass is 9.68.